The molecule has 1 fully saturated rings. The molecule has 7 heteroatoms. The minimum atomic E-state index is -0.406. The van der Waals surface area contributed by atoms with Gasteiger partial charge in [-0.3, -0.25) is 9.59 Å². The number of amides is 2. The van der Waals surface area contributed by atoms with Crippen molar-refractivity contribution in [1.82, 2.24) is 9.80 Å². The van der Waals surface area contributed by atoms with Crippen molar-refractivity contribution >= 4 is 23.2 Å². The molecule has 0 bridgehead atoms. The van der Waals surface area contributed by atoms with Crippen molar-refractivity contribution < 1.29 is 14.3 Å². The lowest BCUT2D eigenvalue weighted by atomic mass is 9.96. The summed E-state index contributed by atoms with van der Waals surface area (Å²) in [5.41, 5.74) is 6.71. The van der Waals surface area contributed by atoms with Gasteiger partial charge in [0.05, 0.1) is 12.1 Å². The van der Waals surface area contributed by atoms with Crippen molar-refractivity contribution in [3.8, 4) is 0 Å². The first-order valence-electron chi connectivity index (χ1n) is 8.43. The SMILES string of the molecule is CN(C(=O)CCC(=O)N1CCc2sccc2C1)C1(CN)CCOC1. The highest BCUT2D eigenvalue weighted by atomic mass is 32.1. The standard InChI is InChI=1S/C17H25N3O3S/c1-19(17(11-18)6-8-23-12-17)15(21)2-3-16(22)20-7-4-14-13(10-20)5-9-24-14/h5,9H,2-4,6-8,10-12,18H2,1H3. The summed E-state index contributed by atoms with van der Waals surface area (Å²) in [4.78, 5) is 29.9. The zero-order chi connectivity index (χ0) is 17.2. The highest BCUT2D eigenvalue weighted by Gasteiger charge is 2.40. The van der Waals surface area contributed by atoms with Crippen molar-refractivity contribution in [3.05, 3.63) is 21.9 Å². The maximum absolute atomic E-state index is 12.5. The van der Waals surface area contributed by atoms with Crippen LogP contribution in [0.25, 0.3) is 0 Å². The summed E-state index contributed by atoms with van der Waals surface area (Å²) in [5, 5.41) is 2.08. The van der Waals surface area contributed by atoms with Gasteiger partial charge in [0.2, 0.25) is 11.8 Å². The van der Waals surface area contributed by atoms with Crippen LogP contribution in [0.1, 0.15) is 29.7 Å². The van der Waals surface area contributed by atoms with Crippen LogP contribution in [0.2, 0.25) is 0 Å². The Kier molecular flexibility index (Phi) is 5.22. The van der Waals surface area contributed by atoms with E-state index in [1.54, 1.807) is 23.3 Å². The van der Waals surface area contributed by atoms with E-state index >= 15 is 0 Å². The van der Waals surface area contributed by atoms with Crippen LogP contribution in [0, 0.1) is 0 Å². The first-order chi connectivity index (χ1) is 11.6. The van der Waals surface area contributed by atoms with E-state index < -0.39 is 5.54 Å². The van der Waals surface area contributed by atoms with Gasteiger partial charge in [-0.2, -0.15) is 0 Å². The molecule has 1 aromatic rings. The van der Waals surface area contributed by atoms with Crippen LogP contribution < -0.4 is 5.73 Å². The van der Waals surface area contributed by atoms with Crippen molar-refractivity contribution in [2.24, 2.45) is 5.73 Å². The van der Waals surface area contributed by atoms with Gasteiger partial charge in [-0.15, -0.1) is 11.3 Å². The van der Waals surface area contributed by atoms with E-state index in [4.69, 9.17) is 10.5 Å². The largest absolute Gasteiger partial charge is 0.379 e. The zero-order valence-electron chi connectivity index (χ0n) is 14.1. The molecule has 2 aliphatic heterocycles. The van der Waals surface area contributed by atoms with Crippen molar-refractivity contribution in [2.45, 2.75) is 37.8 Å². The van der Waals surface area contributed by atoms with E-state index in [0.29, 0.717) is 26.3 Å². The lowest BCUT2D eigenvalue weighted by molar-refractivity contribution is -0.140. The predicted octanol–water partition coefficient (Wildman–Crippen LogP) is 0.989. The molecule has 0 spiro atoms. The van der Waals surface area contributed by atoms with Gasteiger partial charge in [0, 0.05) is 51.0 Å². The Bertz CT molecular complexity index is 610. The molecule has 2 amide bonds. The highest BCUT2D eigenvalue weighted by Crippen LogP contribution is 2.26. The molecule has 0 saturated carbocycles. The second-order valence-corrected chi connectivity index (χ2v) is 7.62. The van der Waals surface area contributed by atoms with Gasteiger partial charge in [0.15, 0.2) is 0 Å². The Hall–Kier alpha value is -1.44. The third-order valence-corrected chi connectivity index (χ3v) is 6.28. The van der Waals surface area contributed by atoms with E-state index in [-0.39, 0.29) is 24.7 Å². The summed E-state index contributed by atoms with van der Waals surface area (Å²) in [7, 11) is 1.77. The zero-order valence-corrected chi connectivity index (χ0v) is 14.9. The highest BCUT2D eigenvalue weighted by molar-refractivity contribution is 7.10. The number of fused-ring (bicyclic) bond motifs is 1. The fraction of sp³-hybridized carbons (Fsp3) is 0.647. The van der Waals surface area contributed by atoms with Crippen LogP contribution in [0.3, 0.4) is 0 Å². The maximum Gasteiger partial charge on any atom is 0.223 e. The predicted molar refractivity (Wildman–Crippen MR) is 92.7 cm³/mol. The Morgan fingerprint density at radius 1 is 1.46 bits per heavy atom. The molecular formula is C17H25N3O3S. The van der Waals surface area contributed by atoms with E-state index in [1.165, 1.54) is 10.4 Å². The summed E-state index contributed by atoms with van der Waals surface area (Å²) in [5.74, 6) is 0.0191. The van der Waals surface area contributed by atoms with Crippen LogP contribution in [-0.4, -0.2) is 60.5 Å². The molecule has 6 nitrogen and oxygen atoms in total. The van der Waals surface area contributed by atoms with Gasteiger partial charge >= 0.3 is 0 Å². The first kappa shape index (κ1) is 17.4. The summed E-state index contributed by atoms with van der Waals surface area (Å²) in [6, 6.07) is 2.09. The second kappa shape index (κ2) is 7.21. The smallest absolute Gasteiger partial charge is 0.223 e. The molecule has 1 saturated heterocycles. The van der Waals surface area contributed by atoms with Crippen molar-refractivity contribution in [1.29, 1.82) is 0 Å². The van der Waals surface area contributed by atoms with Gasteiger partial charge in [-0.25, -0.2) is 0 Å². The minimum absolute atomic E-state index is 0.0347. The van der Waals surface area contributed by atoms with Crippen molar-refractivity contribution in [2.75, 3.05) is 33.4 Å². The van der Waals surface area contributed by atoms with Gasteiger partial charge in [0.1, 0.15) is 0 Å². The number of hydrogen-bond acceptors (Lipinski definition) is 5. The van der Waals surface area contributed by atoms with Gasteiger partial charge in [0.25, 0.3) is 0 Å². The van der Waals surface area contributed by atoms with Crippen molar-refractivity contribution in [3.63, 3.8) is 0 Å². The summed E-state index contributed by atoms with van der Waals surface area (Å²) in [6.07, 6.45) is 2.15. The average molecular weight is 351 g/mol. The number of carbonyl (C=O) groups is 2. The Morgan fingerprint density at radius 2 is 2.29 bits per heavy atom. The monoisotopic (exact) mass is 351 g/mol. The minimum Gasteiger partial charge on any atom is -0.379 e. The number of likely N-dealkylation sites (N-methyl/N-ethyl adjacent to an activating group) is 1. The summed E-state index contributed by atoms with van der Waals surface area (Å²) in [6.45, 7) is 2.91. The number of hydrogen-bond donors (Lipinski definition) is 1. The maximum atomic E-state index is 12.5. The lowest BCUT2D eigenvalue weighted by Gasteiger charge is -2.36. The van der Waals surface area contributed by atoms with Crippen LogP contribution in [0.5, 0.6) is 0 Å². The molecule has 3 heterocycles. The lowest BCUT2D eigenvalue weighted by Crippen LogP contribution is -2.55. The number of nitrogens with two attached hydrogens (primary N) is 1. The van der Waals surface area contributed by atoms with E-state index in [1.807, 2.05) is 4.90 Å². The molecule has 3 rings (SSSR count). The molecule has 0 aromatic carbocycles. The van der Waals surface area contributed by atoms with Crippen LogP contribution in [-0.2, 0) is 27.3 Å². The van der Waals surface area contributed by atoms with Crippen LogP contribution in [0.4, 0.5) is 0 Å². The van der Waals surface area contributed by atoms with Crippen LogP contribution in [0.15, 0.2) is 11.4 Å². The number of carbonyl (C=O) groups excluding carboxylic acids is 2. The van der Waals surface area contributed by atoms with Crippen LogP contribution >= 0.6 is 11.3 Å². The second-order valence-electron chi connectivity index (χ2n) is 6.62. The molecule has 1 aromatic heterocycles. The molecule has 0 aliphatic carbocycles. The molecule has 0 radical (unpaired) electrons. The number of rotatable bonds is 5. The number of ether oxygens (including phenoxy) is 1. The molecule has 24 heavy (non-hydrogen) atoms. The molecular weight excluding hydrogens is 326 g/mol. The van der Waals surface area contributed by atoms with Gasteiger partial charge in [-0.1, -0.05) is 0 Å². The van der Waals surface area contributed by atoms with Gasteiger partial charge < -0.3 is 20.3 Å². The van der Waals surface area contributed by atoms with E-state index in [2.05, 4.69) is 11.4 Å². The third kappa shape index (κ3) is 3.34. The Balaban J connectivity index is 1.52. The first-order valence-corrected chi connectivity index (χ1v) is 9.31. The third-order valence-electron chi connectivity index (χ3n) is 5.26. The van der Waals surface area contributed by atoms with Gasteiger partial charge in [-0.05, 0) is 29.9 Å². The fourth-order valence-electron chi connectivity index (χ4n) is 3.42. The Labute approximate surface area is 146 Å². The number of thiophene rings is 1. The number of nitrogens with zero attached hydrogens (tertiary/aromatic N) is 2. The topological polar surface area (TPSA) is 75.9 Å². The Morgan fingerprint density at radius 3 is 3.00 bits per heavy atom. The molecule has 132 valence electrons. The quantitative estimate of drug-likeness (QED) is 0.858. The molecule has 2 N–H and O–H groups in total. The average Bonchev–Trinajstić information content (AvgIpc) is 3.27. The molecule has 1 unspecified atom stereocenters. The summed E-state index contributed by atoms with van der Waals surface area (Å²) >= 11 is 1.75. The fourth-order valence-corrected chi connectivity index (χ4v) is 4.31. The molecule has 2 aliphatic rings. The van der Waals surface area contributed by atoms with E-state index in [9.17, 15) is 9.59 Å². The normalized spacial score (nSPS) is 23.2. The van der Waals surface area contributed by atoms with E-state index in [0.717, 1.165) is 19.4 Å². The molecule has 1 atom stereocenters. The summed E-state index contributed by atoms with van der Waals surface area (Å²) < 4.78 is 5.42.